The third-order valence-electron chi connectivity index (χ3n) is 4.03. The second-order valence-corrected chi connectivity index (χ2v) is 6.26. The van der Waals surface area contributed by atoms with Crippen LogP contribution in [-0.4, -0.2) is 38.7 Å². The zero-order valence-electron chi connectivity index (χ0n) is 17.3. The number of carbonyl (C=O) groups is 1. The molecule has 0 aliphatic carbocycles. The maximum Gasteiger partial charge on any atom is 0.257 e. The smallest absolute Gasteiger partial charge is 0.257 e. The molecular formula is C22H30N4O3. The molecule has 0 spiro atoms. The van der Waals surface area contributed by atoms with Crippen LogP contribution in [0.1, 0.15) is 25.0 Å². The number of methoxy groups -OCH3 is 1. The van der Waals surface area contributed by atoms with Crippen LogP contribution >= 0.6 is 0 Å². The fourth-order valence-corrected chi connectivity index (χ4v) is 2.61. The molecule has 0 fully saturated rings. The number of benzene rings is 2. The molecule has 0 bridgehead atoms. The molecule has 0 aliphatic rings. The molecule has 156 valence electrons. The monoisotopic (exact) mass is 398 g/mol. The van der Waals surface area contributed by atoms with E-state index in [1.165, 1.54) is 5.56 Å². The van der Waals surface area contributed by atoms with Crippen molar-refractivity contribution < 1.29 is 14.3 Å². The number of ether oxygens (including phenoxy) is 2. The Labute approximate surface area is 172 Å². The number of carbonyl (C=O) groups excluding carboxylic acids is 1. The number of amides is 1. The van der Waals surface area contributed by atoms with Crippen molar-refractivity contribution >= 4 is 11.9 Å². The van der Waals surface area contributed by atoms with Gasteiger partial charge in [-0.1, -0.05) is 36.4 Å². The Morgan fingerprint density at radius 2 is 1.69 bits per heavy atom. The lowest BCUT2D eigenvalue weighted by molar-refractivity contribution is -0.123. The van der Waals surface area contributed by atoms with Gasteiger partial charge in [0.25, 0.3) is 5.91 Å². The third-order valence-corrected chi connectivity index (χ3v) is 4.03. The largest absolute Gasteiger partial charge is 0.493 e. The van der Waals surface area contributed by atoms with Gasteiger partial charge in [0, 0.05) is 19.6 Å². The molecule has 7 heteroatoms. The highest BCUT2D eigenvalue weighted by Crippen LogP contribution is 2.28. The molecular weight excluding hydrogens is 368 g/mol. The Hall–Kier alpha value is -3.22. The lowest BCUT2D eigenvalue weighted by Crippen LogP contribution is -2.36. The summed E-state index contributed by atoms with van der Waals surface area (Å²) in [6.45, 7) is 6.38. The molecule has 0 radical (unpaired) electrons. The Kier molecular flexibility index (Phi) is 9.35. The maximum absolute atomic E-state index is 11.6. The van der Waals surface area contributed by atoms with Gasteiger partial charge in [-0.15, -0.1) is 0 Å². The minimum Gasteiger partial charge on any atom is -0.493 e. The number of rotatable bonds is 10. The standard InChI is InChI=1S/C22H30N4O3/c1-4-23-21(27)16-29-19-12-11-18(13-20(19)28-3)15-26-22(24-5-2)25-14-17-9-7-6-8-10-17/h6-13H,4-5,14-16H2,1-3H3,(H,23,27)(H2,24,25,26). The van der Waals surface area contributed by atoms with Crippen molar-refractivity contribution in [1.29, 1.82) is 0 Å². The molecule has 0 heterocycles. The maximum atomic E-state index is 11.6. The summed E-state index contributed by atoms with van der Waals surface area (Å²) in [6.07, 6.45) is 0. The van der Waals surface area contributed by atoms with E-state index < -0.39 is 0 Å². The molecule has 0 aromatic heterocycles. The van der Waals surface area contributed by atoms with Crippen LogP contribution in [0.15, 0.2) is 53.5 Å². The summed E-state index contributed by atoms with van der Waals surface area (Å²) in [6, 6.07) is 15.8. The van der Waals surface area contributed by atoms with Gasteiger partial charge >= 0.3 is 0 Å². The van der Waals surface area contributed by atoms with E-state index in [0.29, 0.717) is 31.1 Å². The number of hydrogen-bond acceptors (Lipinski definition) is 4. The second-order valence-electron chi connectivity index (χ2n) is 6.26. The van der Waals surface area contributed by atoms with E-state index >= 15 is 0 Å². The van der Waals surface area contributed by atoms with E-state index in [2.05, 4.69) is 33.1 Å². The minimum atomic E-state index is -0.164. The normalized spacial score (nSPS) is 10.9. The predicted octanol–water partition coefficient (Wildman–Crippen LogP) is 2.47. The average molecular weight is 399 g/mol. The van der Waals surface area contributed by atoms with Crippen LogP contribution in [0.5, 0.6) is 11.5 Å². The highest BCUT2D eigenvalue weighted by Gasteiger charge is 2.08. The highest BCUT2D eigenvalue weighted by atomic mass is 16.5. The van der Waals surface area contributed by atoms with Crippen LogP contribution in [0.3, 0.4) is 0 Å². The van der Waals surface area contributed by atoms with Gasteiger partial charge in [0.1, 0.15) is 0 Å². The number of hydrogen-bond donors (Lipinski definition) is 3. The van der Waals surface area contributed by atoms with Gasteiger partial charge in [-0.2, -0.15) is 0 Å². The molecule has 0 aliphatic heterocycles. The van der Waals surface area contributed by atoms with E-state index in [-0.39, 0.29) is 12.5 Å². The SMILES string of the molecule is CCNC(=O)COc1ccc(CN=C(NCC)NCc2ccccc2)cc1OC. The van der Waals surface area contributed by atoms with Crippen LogP contribution in [0.25, 0.3) is 0 Å². The molecule has 2 aromatic carbocycles. The number of nitrogens with zero attached hydrogens (tertiary/aromatic N) is 1. The highest BCUT2D eigenvalue weighted by molar-refractivity contribution is 5.79. The molecule has 29 heavy (non-hydrogen) atoms. The first-order valence-corrected chi connectivity index (χ1v) is 9.78. The van der Waals surface area contributed by atoms with Gasteiger partial charge in [-0.05, 0) is 37.1 Å². The zero-order chi connectivity index (χ0) is 20.9. The van der Waals surface area contributed by atoms with Gasteiger partial charge in [0.15, 0.2) is 24.1 Å². The zero-order valence-corrected chi connectivity index (χ0v) is 17.3. The van der Waals surface area contributed by atoms with Crippen LogP contribution in [0.4, 0.5) is 0 Å². The molecule has 2 aromatic rings. The van der Waals surface area contributed by atoms with Crippen molar-refractivity contribution in [2.75, 3.05) is 26.8 Å². The number of likely N-dealkylation sites (N-methyl/N-ethyl adjacent to an activating group) is 1. The van der Waals surface area contributed by atoms with Crippen molar-refractivity contribution in [3.05, 3.63) is 59.7 Å². The molecule has 3 N–H and O–H groups in total. The first-order valence-electron chi connectivity index (χ1n) is 9.78. The van der Waals surface area contributed by atoms with E-state index in [1.54, 1.807) is 13.2 Å². The Morgan fingerprint density at radius 3 is 2.38 bits per heavy atom. The summed E-state index contributed by atoms with van der Waals surface area (Å²) in [4.78, 5) is 16.2. The number of nitrogens with one attached hydrogen (secondary N) is 3. The van der Waals surface area contributed by atoms with Crippen LogP contribution in [0.2, 0.25) is 0 Å². The van der Waals surface area contributed by atoms with Gasteiger partial charge in [0.2, 0.25) is 0 Å². The van der Waals surface area contributed by atoms with Crippen molar-refractivity contribution in [3.63, 3.8) is 0 Å². The Bertz CT molecular complexity index is 794. The van der Waals surface area contributed by atoms with E-state index in [4.69, 9.17) is 9.47 Å². The van der Waals surface area contributed by atoms with Crippen molar-refractivity contribution in [1.82, 2.24) is 16.0 Å². The first kappa shape index (κ1) is 22.1. The number of aliphatic imine (C=N–C) groups is 1. The average Bonchev–Trinajstić information content (AvgIpc) is 2.75. The van der Waals surface area contributed by atoms with Crippen LogP contribution in [0, 0.1) is 0 Å². The molecule has 0 saturated heterocycles. The fraction of sp³-hybridized carbons (Fsp3) is 0.364. The molecule has 7 nitrogen and oxygen atoms in total. The molecule has 0 saturated carbocycles. The molecule has 0 unspecified atom stereocenters. The van der Waals surface area contributed by atoms with Crippen LogP contribution in [-0.2, 0) is 17.9 Å². The predicted molar refractivity (Wildman–Crippen MR) is 115 cm³/mol. The molecule has 2 rings (SSSR count). The van der Waals surface area contributed by atoms with E-state index in [1.807, 2.05) is 44.2 Å². The van der Waals surface area contributed by atoms with Gasteiger partial charge in [-0.3, -0.25) is 4.79 Å². The van der Waals surface area contributed by atoms with Crippen molar-refractivity contribution in [2.24, 2.45) is 4.99 Å². The Morgan fingerprint density at radius 1 is 0.931 bits per heavy atom. The second kappa shape index (κ2) is 12.3. The summed E-state index contributed by atoms with van der Waals surface area (Å²) in [5.41, 5.74) is 2.16. The topological polar surface area (TPSA) is 84.0 Å². The van der Waals surface area contributed by atoms with Gasteiger partial charge in [0.05, 0.1) is 13.7 Å². The summed E-state index contributed by atoms with van der Waals surface area (Å²) in [5.74, 6) is 1.68. The molecule has 1 amide bonds. The fourth-order valence-electron chi connectivity index (χ4n) is 2.61. The van der Waals surface area contributed by atoms with Crippen LogP contribution < -0.4 is 25.4 Å². The van der Waals surface area contributed by atoms with E-state index in [0.717, 1.165) is 18.1 Å². The quantitative estimate of drug-likeness (QED) is 0.423. The third kappa shape index (κ3) is 7.73. The van der Waals surface area contributed by atoms with Crippen molar-refractivity contribution in [2.45, 2.75) is 26.9 Å². The van der Waals surface area contributed by atoms with Gasteiger partial charge < -0.3 is 25.4 Å². The lowest BCUT2D eigenvalue weighted by Gasteiger charge is -2.13. The summed E-state index contributed by atoms with van der Waals surface area (Å²) >= 11 is 0. The minimum absolute atomic E-state index is 0.0460. The summed E-state index contributed by atoms with van der Waals surface area (Å²) in [5, 5.41) is 9.27. The Balaban J connectivity index is 1.99. The lowest BCUT2D eigenvalue weighted by atomic mass is 10.2. The molecule has 0 atom stereocenters. The van der Waals surface area contributed by atoms with Gasteiger partial charge in [-0.25, -0.2) is 4.99 Å². The summed E-state index contributed by atoms with van der Waals surface area (Å²) < 4.78 is 11.0. The summed E-state index contributed by atoms with van der Waals surface area (Å²) in [7, 11) is 1.58. The number of guanidine groups is 1. The van der Waals surface area contributed by atoms with Crippen molar-refractivity contribution in [3.8, 4) is 11.5 Å². The first-order chi connectivity index (χ1) is 14.2. The van der Waals surface area contributed by atoms with E-state index in [9.17, 15) is 4.79 Å².